The first-order chi connectivity index (χ1) is 14.4. The van der Waals surface area contributed by atoms with Gasteiger partial charge in [0.2, 0.25) is 5.78 Å². The Kier molecular flexibility index (Phi) is 6.47. The van der Waals surface area contributed by atoms with E-state index in [0.717, 1.165) is 22.5 Å². The number of hydrogen-bond acceptors (Lipinski definition) is 4. The number of carbonyl (C=O) groups is 3. The van der Waals surface area contributed by atoms with Gasteiger partial charge in [-0.15, -0.1) is 0 Å². The third-order valence-electron chi connectivity index (χ3n) is 5.09. The lowest BCUT2D eigenvalue weighted by molar-refractivity contribution is -0.141. The molecule has 0 fully saturated rings. The molecule has 0 bridgehead atoms. The van der Waals surface area contributed by atoms with Crippen LogP contribution in [0, 0.1) is 13.8 Å². The summed E-state index contributed by atoms with van der Waals surface area (Å²) in [6.45, 7) is 3.08. The van der Waals surface area contributed by atoms with Gasteiger partial charge in [-0.25, -0.2) is 0 Å². The fourth-order valence-corrected chi connectivity index (χ4v) is 3.11. The lowest BCUT2D eigenvalue weighted by Crippen LogP contribution is -2.31. The van der Waals surface area contributed by atoms with Gasteiger partial charge in [0.05, 0.1) is 0 Å². The lowest BCUT2D eigenvalue weighted by atomic mass is 10.0. The van der Waals surface area contributed by atoms with E-state index in [1.54, 1.807) is 18.2 Å². The largest absolute Gasteiger partial charge is 0.456 e. The fraction of sp³-hybridized carbons (Fsp3) is 0.208. The zero-order valence-corrected chi connectivity index (χ0v) is 17.3. The van der Waals surface area contributed by atoms with Gasteiger partial charge in [0.1, 0.15) is 6.54 Å². The van der Waals surface area contributed by atoms with Crippen molar-refractivity contribution in [3.05, 3.63) is 83.2 Å². The number of ketones is 1. The van der Waals surface area contributed by atoms with Crippen molar-refractivity contribution in [2.75, 3.05) is 13.2 Å². The Morgan fingerprint density at radius 1 is 0.933 bits per heavy atom. The Labute approximate surface area is 175 Å². The molecule has 3 aromatic rings. The summed E-state index contributed by atoms with van der Waals surface area (Å²) < 4.78 is 6.91. The summed E-state index contributed by atoms with van der Waals surface area (Å²) in [6.07, 6.45) is 0. The third kappa shape index (κ3) is 4.84. The molecule has 6 heteroatoms. The maximum Gasteiger partial charge on any atom is 0.325 e. The number of benzene rings is 2. The highest BCUT2D eigenvalue weighted by atomic mass is 16.5. The van der Waals surface area contributed by atoms with Crippen molar-refractivity contribution in [1.82, 2.24) is 9.88 Å². The van der Waals surface area contributed by atoms with Crippen molar-refractivity contribution >= 4 is 17.7 Å². The number of rotatable bonds is 7. The van der Waals surface area contributed by atoms with E-state index in [1.165, 1.54) is 0 Å². The molecule has 154 valence electrons. The van der Waals surface area contributed by atoms with E-state index in [2.05, 4.69) is 5.32 Å². The van der Waals surface area contributed by atoms with E-state index in [0.29, 0.717) is 11.1 Å². The first-order valence-corrected chi connectivity index (χ1v) is 9.62. The Morgan fingerprint density at radius 2 is 1.57 bits per heavy atom. The Hall–Kier alpha value is -3.67. The van der Waals surface area contributed by atoms with E-state index in [1.807, 2.05) is 67.9 Å². The average molecular weight is 404 g/mol. The average Bonchev–Trinajstić information content (AvgIpc) is 3.03. The van der Waals surface area contributed by atoms with Gasteiger partial charge in [-0.3, -0.25) is 14.4 Å². The Morgan fingerprint density at radius 3 is 2.17 bits per heavy atom. The fourth-order valence-electron chi connectivity index (χ4n) is 3.11. The minimum atomic E-state index is -0.664. The van der Waals surface area contributed by atoms with Crippen molar-refractivity contribution in [2.45, 2.75) is 13.8 Å². The molecule has 0 aliphatic rings. The maximum absolute atomic E-state index is 12.3. The van der Waals surface area contributed by atoms with Gasteiger partial charge in [0.15, 0.2) is 6.61 Å². The molecule has 30 heavy (non-hydrogen) atoms. The number of Topliss-reactive ketones (excluding diaryl/α,β-unsaturated/α-hetero) is 1. The first-order valence-electron chi connectivity index (χ1n) is 9.62. The van der Waals surface area contributed by atoms with Crippen molar-refractivity contribution in [1.29, 1.82) is 0 Å². The number of nitrogens with one attached hydrogen (secondary N) is 1. The monoisotopic (exact) mass is 404 g/mol. The second kappa shape index (κ2) is 9.22. The molecule has 0 atom stereocenters. The Bertz CT molecular complexity index is 1070. The molecule has 1 amide bonds. The Balaban J connectivity index is 1.49. The van der Waals surface area contributed by atoms with Crippen LogP contribution in [0.25, 0.3) is 11.1 Å². The van der Waals surface area contributed by atoms with Gasteiger partial charge in [0, 0.05) is 29.6 Å². The highest BCUT2D eigenvalue weighted by Gasteiger charge is 2.16. The van der Waals surface area contributed by atoms with Gasteiger partial charge in [-0.05, 0) is 43.2 Å². The number of ether oxygens (including phenoxy) is 1. The predicted octanol–water partition coefficient (Wildman–Crippen LogP) is 3.46. The van der Waals surface area contributed by atoms with Crippen molar-refractivity contribution in [3.8, 4) is 11.1 Å². The predicted molar refractivity (Wildman–Crippen MR) is 114 cm³/mol. The summed E-state index contributed by atoms with van der Waals surface area (Å²) in [5.74, 6) is -1.32. The van der Waals surface area contributed by atoms with Crippen LogP contribution in [-0.2, 0) is 16.6 Å². The summed E-state index contributed by atoms with van der Waals surface area (Å²) in [4.78, 5) is 36.4. The molecule has 0 spiro atoms. The summed E-state index contributed by atoms with van der Waals surface area (Å²) >= 11 is 0. The van der Waals surface area contributed by atoms with Crippen molar-refractivity contribution in [2.24, 2.45) is 7.05 Å². The minimum absolute atomic E-state index is 0.271. The van der Waals surface area contributed by atoms with Crippen LogP contribution in [0.3, 0.4) is 0 Å². The standard InChI is InChI=1S/C24H24N2O4/c1-16-13-21(17(2)26(16)3)22(27)15-30-23(28)14-25-24(29)20-11-9-19(10-12-20)18-7-5-4-6-8-18/h4-13H,14-15H2,1-3H3,(H,25,29). The lowest BCUT2D eigenvalue weighted by Gasteiger charge is -2.07. The molecular formula is C24H24N2O4. The van der Waals surface area contributed by atoms with Gasteiger partial charge in [-0.1, -0.05) is 42.5 Å². The van der Waals surface area contributed by atoms with Crippen LogP contribution >= 0.6 is 0 Å². The number of aryl methyl sites for hydroxylation is 1. The van der Waals surface area contributed by atoms with Crippen LogP contribution in [0.15, 0.2) is 60.7 Å². The van der Waals surface area contributed by atoms with Gasteiger partial charge < -0.3 is 14.6 Å². The van der Waals surface area contributed by atoms with E-state index in [9.17, 15) is 14.4 Å². The molecule has 2 aromatic carbocycles. The number of aromatic nitrogens is 1. The molecule has 0 saturated carbocycles. The second-order valence-electron chi connectivity index (χ2n) is 7.05. The number of carbonyl (C=O) groups excluding carboxylic acids is 3. The summed E-state index contributed by atoms with van der Waals surface area (Å²) in [5.41, 5.74) is 4.80. The topological polar surface area (TPSA) is 77.4 Å². The van der Waals surface area contributed by atoms with E-state index >= 15 is 0 Å². The number of amides is 1. The molecule has 1 heterocycles. The van der Waals surface area contributed by atoms with Crippen LogP contribution in [-0.4, -0.2) is 35.4 Å². The number of hydrogen-bond donors (Lipinski definition) is 1. The second-order valence-corrected chi connectivity index (χ2v) is 7.05. The molecule has 0 radical (unpaired) electrons. The van der Waals surface area contributed by atoms with Crippen LogP contribution < -0.4 is 5.32 Å². The maximum atomic E-state index is 12.3. The van der Waals surface area contributed by atoms with Crippen LogP contribution in [0.1, 0.15) is 32.1 Å². The van der Waals surface area contributed by atoms with Crippen molar-refractivity contribution < 1.29 is 19.1 Å². The number of esters is 1. The molecule has 0 saturated heterocycles. The number of nitrogens with zero attached hydrogens (tertiary/aromatic N) is 1. The van der Waals surface area contributed by atoms with Crippen molar-refractivity contribution in [3.63, 3.8) is 0 Å². The highest BCUT2D eigenvalue weighted by molar-refractivity contribution is 6.00. The zero-order chi connectivity index (χ0) is 21.7. The summed E-state index contributed by atoms with van der Waals surface area (Å²) in [7, 11) is 1.87. The molecule has 0 aliphatic carbocycles. The molecular weight excluding hydrogens is 380 g/mol. The van der Waals surface area contributed by atoms with Crippen LogP contribution in [0.4, 0.5) is 0 Å². The molecule has 0 unspecified atom stereocenters. The summed E-state index contributed by atoms with van der Waals surface area (Å²) in [5, 5.41) is 2.52. The third-order valence-corrected chi connectivity index (χ3v) is 5.09. The van der Waals surface area contributed by atoms with E-state index in [4.69, 9.17) is 4.74 Å². The first kappa shape index (κ1) is 21.0. The molecule has 1 N–H and O–H groups in total. The molecule has 3 rings (SSSR count). The quantitative estimate of drug-likeness (QED) is 0.483. The van der Waals surface area contributed by atoms with E-state index < -0.39 is 5.97 Å². The van der Waals surface area contributed by atoms with Gasteiger partial charge in [0.25, 0.3) is 5.91 Å². The highest BCUT2D eigenvalue weighted by Crippen LogP contribution is 2.19. The van der Waals surface area contributed by atoms with E-state index in [-0.39, 0.29) is 24.8 Å². The van der Waals surface area contributed by atoms with Crippen LogP contribution in [0.5, 0.6) is 0 Å². The normalized spacial score (nSPS) is 10.5. The molecule has 0 aliphatic heterocycles. The molecule has 1 aromatic heterocycles. The minimum Gasteiger partial charge on any atom is -0.456 e. The van der Waals surface area contributed by atoms with Gasteiger partial charge in [-0.2, -0.15) is 0 Å². The smallest absolute Gasteiger partial charge is 0.325 e. The van der Waals surface area contributed by atoms with Crippen LogP contribution in [0.2, 0.25) is 0 Å². The van der Waals surface area contributed by atoms with Gasteiger partial charge >= 0.3 is 5.97 Å². The SMILES string of the molecule is Cc1cc(C(=O)COC(=O)CNC(=O)c2ccc(-c3ccccc3)cc2)c(C)n1C. The zero-order valence-electron chi connectivity index (χ0n) is 17.3. The molecule has 6 nitrogen and oxygen atoms in total. The summed E-state index contributed by atoms with van der Waals surface area (Å²) in [6, 6.07) is 18.7.